The van der Waals surface area contributed by atoms with Crippen LogP contribution in [0.15, 0.2) is 5.16 Å². The van der Waals surface area contributed by atoms with Gasteiger partial charge in [-0.2, -0.15) is 0 Å². The molecule has 2 fully saturated rings. The molecule has 2 aliphatic heterocycles. The molecule has 0 aromatic heterocycles. The average molecular weight is 236 g/mol. The van der Waals surface area contributed by atoms with Gasteiger partial charge in [0, 0.05) is 6.42 Å². The summed E-state index contributed by atoms with van der Waals surface area (Å²) in [6.07, 6.45) is 9.00. The lowest BCUT2D eigenvalue weighted by Crippen LogP contribution is -2.38. The molecule has 0 bridgehead atoms. The molecule has 17 heavy (non-hydrogen) atoms. The molecule has 0 aromatic carbocycles. The van der Waals surface area contributed by atoms with E-state index in [0.29, 0.717) is 0 Å². The van der Waals surface area contributed by atoms with Crippen LogP contribution >= 0.6 is 0 Å². The molecule has 3 heteroatoms. The van der Waals surface area contributed by atoms with Crippen molar-refractivity contribution in [3.05, 3.63) is 0 Å². The fourth-order valence-electron chi connectivity index (χ4n) is 3.93. The highest BCUT2D eigenvalue weighted by atomic mass is 16.7. The van der Waals surface area contributed by atoms with E-state index in [9.17, 15) is 0 Å². The second kappa shape index (κ2) is 4.60. The minimum Gasteiger partial charge on any atom is -0.389 e. The zero-order valence-electron chi connectivity index (χ0n) is 10.9. The number of hydrogen-bond acceptors (Lipinski definition) is 3. The van der Waals surface area contributed by atoms with Crippen molar-refractivity contribution in [1.82, 2.24) is 5.32 Å². The van der Waals surface area contributed by atoms with E-state index in [4.69, 9.17) is 4.84 Å². The normalized spacial score (nSPS) is 39.1. The second-order valence-corrected chi connectivity index (χ2v) is 6.20. The molecule has 2 heterocycles. The molecule has 0 aromatic rings. The fourth-order valence-corrected chi connectivity index (χ4v) is 3.93. The summed E-state index contributed by atoms with van der Waals surface area (Å²) >= 11 is 0. The molecule has 3 aliphatic rings. The van der Waals surface area contributed by atoms with Crippen LogP contribution in [0.1, 0.15) is 51.9 Å². The number of nitrogens with zero attached hydrogens (tertiary/aromatic N) is 1. The number of piperidine rings is 1. The molecule has 96 valence electrons. The van der Waals surface area contributed by atoms with Crippen molar-refractivity contribution >= 4 is 5.71 Å². The van der Waals surface area contributed by atoms with Crippen molar-refractivity contribution < 1.29 is 4.84 Å². The molecular weight excluding hydrogens is 212 g/mol. The van der Waals surface area contributed by atoms with Crippen molar-refractivity contribution in [2.75, 3.05) is 13.1 Å². The van der Waals surface area contributed by atoms with Crippen molar-refractivity contribution in [3.63, 3.8) is 0 Å². The Bertz CT molecular complexity index is 299. The molecule has 3 rings (SSSR count). The lowest BCUT2D eigenvalue weighted by atomic mass is 9.70. The van der Waals surface area contributed by atoms with Gasteiger partial charge in [-0.3, -0.25) is 0 Å². The molecule has 1 aliphatic carbocycles. The summed E-state index contributed by atoms with van der Waals surface area (Å²) in [6.45, 7) is 4.55. The largest absolute Gasteiger partial charge is 0.389 e. The third-order valence-electron chi connectivity index (χ3n) is 4.97. The van der Waals surface area contributed by atoms with Gasteiger partial charge in [-0.25, -0.2) is 0 Å². The highest BCUT2D eigenvalue weighted by molar-refractivity contribution is 5.83. The molecule has 0 radical (unpaired) electrons. The Labute approximate surface area is 104 Å². The van der Waals surface area contributed by atoms with Gasteiger partial charge in [0.1, 0.15) is 5.60 Å². The number of hydrogen-bond donors (Lipinski definition) is 1. The topological polar surface area (TPSA) is 33.6 Å². The van der Waals surface area contributed by atoms with Crippen molar-refractivity contribution in [2.24, 2.45) is 17.0 Å². The molecule has 0 unspecified atom stereocenters. The zero-order valence-corrected chi connectivity index (χ0v) is 10.9. The first kappa shape index (κ1) is 11.5. The van der Waals surface area contributed by atoms with E-state index in [1.807, 2.05) is 0 Å². The minimum absolute atomic E-state index is 0.105. The molecule has 0 amide bonds. The van der Waals surface area contributed by atoms with Crippen LogP contribution < -0.4 is 5.32 Å². The Balaban J connectivity index is 1.53. The van der Waals surface area contributed by atoms with E-state index in [0.717, 1.165) is 18.3 Å². The Kier molecular flexibility index (Phi) is 3.12. The quantitative estimate of drug-likeness (QED) is 0.759. The van der Waals surface area contributed by atoms with Crippen LogP contribution in [-0.4, -0.2) is 24.4 Å². The Morgan fingerprint density at radius 3 is 2.35 bits per heavy atom. The highest BCUT2D eigenvalue weighted by Gasteiger charge is 2.42. The van der Waals surface area contributed by atoms with Crippen LogP contribution in [0.2, 0.25) is 0 Å². The smallest absolute Gasteiger partial charge is 0.143 e. The van der Waals surface area contributed by atoms with Crippen LogP contribution in [0, 0.1) is 11.8 Å². The summed E-state index contributed by atoms with van der Waals surface area (Å²) < 4.78 is 0. The van der Waals surface area contributed by atoms with Gasteiger partial charge in [-0.05, 0) is 70.4 Å². The lowest BCUT2D eigenvalue weighted by Gasteiger charge is -2.39. The first-order valence-electron chi connectivity index (χ1n) is 7.20. The van der Waals surface area contributed by atoms with Gasteiger partial charge in [0.2, 0.25) is 0 Å². The maximum atomic E-state index is 5.70. The van der Waals surface area contributed by atoms with Crippen molar-refractivity contribution in [2.45, 2.75) is 57.5 Å². The third-order valence-corrected chi connectivity index (χ3v) is 4.97. The Hall–Kier alpha value is -0.570. The van der Waals surface area contributed by atoms with Gasteiger partial charge in [-0.15, -0.1) is 0 Å². The zero-order chi connectivity index (χ0) is 11.7. The third kappa shape index (κ3) is 2.35. The maximum absolute atomic E-state index is 5.70. The van der Waals surface area contributed by atoms with Gasteiger partial charge in [-0.1, -0.05) is 5.16 Å². The van der Waals surface area contributed by atoms with E-state index >= 15 is 0 Å². The van der Waals surface area contributed by atoms with Crippen LogP contribution in [0.4, 0.5) is 0 Å². The molecular formula is C14H24N2O. The number of nitrogens with one attached hydrogen (secondary N) is 1. The van der Waals surface area contributed by atoms with E-state index in [-0.39, 0.29) is 5.60 Å². The van der Waals surface area contributed by atoms with E-state index < -0.39 is 0 Å². The summed E-state index contributed by atoms with van der Waals surface area (Å²) in [5, 5.41) is 7.62. The van der Waals surface area contributed by atoms with Gasteiger partial charge in [0.15, 0.2) is 0 Å². The molecule has 1 N–H and O–H groups in total. The van der Waals surface area contributed by atoms with Crippen molar-refractivity contribution in [1.29, 1.82) is 0 Å². The fraction of sp³-hybridized carbons (Fsp3) is 0.929. The van der Waals surface area contributed by atoms with Gasteiger partial charge in [0.05, 0.1) is 5.71 Å². The monoisotopic (exact) mass is 236 g/mol. The minimum atomic E-state index is 0.105. The van der Waals surface area contributed by atoms with E-state index in [1.165, 1.54) is 57.3 Å². The van der Waals surface area contributed by atoms with Crippen LogP contribution in [0.25, 0.3) is 0 Å². The Morgan fingerprint density at radius 1 is 1.12 bits per heavy atom. The van der Waals surface area contributed by atoms with E-state index in [2.05, 4.69) is 17.4 Å². The molecule has 3 nitrogen and oxygen atoms in total. The average Bonchev–Trinajstić information content (AvgIpc) is 2.73. The first-order valence-corrected chi connectivity index (χ1v) is 7.20. The molecule has 1 spiro atoms. The van der Waals surface area contributed by atoms with E-state index in [1.54, 1.807) is 0 Å². The SMILES string of the molecule is CC1=NOC2(CCC(C3CCNCC3)CC2)C1. The first-order chi connectivity index (χ1) is 8.27. The standard InChI is InChI=1S/C14H24N2O/c1-11-10-14(17-16-11)6-2-12(3-7-14)13-4-8-15-9-5-13/h12-13,15H,2-10H2,1H3. The predicted octanol–water partition coefficient (Wildman–Crippen LogP) is 2.71. The molecule has 1 saturated carbocycles. The maximum Gasteiger partial charge on any atom is 0.143 e. The summed E-state index contributed by atoms with van der Waals surface area (Å²) in [6, 6.07) is 0. The summed E-state index contributed by atoms with van der Waals surface area (Å²) in [4.78, 5) is 5.70. The number of oxime groups is 1. The summed E-state index contributed by atoms with van der Waals surface area (Å²) in [7, 11) is 0. The van der Waals surface area contributed by atoms with Gasteiger partial charge in [0.25, 0.3) is 0 Å². The van der Waals surface area contributed by atoms with Crippen molar-refractivity contribution in [3.8, 4) is 0 Å². The van der Waals surface area contributed by atoms with Gasteiger partial charge >= 0.3 is 0 Å². The predicted molar refractivity (Wildman–Crippen MR) is 69.1 cm³/mol. The second-order valence-electron chi connectivity index (χ2n) is 6.20. The van der Waals surface area contributed by atoms with Crippen LogP contribution in [0.5, 0.6) is 0 Å². The van der Waals surface area contributed by atoms with Crippen LogP contribution in [0.3, 0.4) is 0 Å². The summed E-state index contributed by atoms with van der Waals surface area (Å²) in [5.41, 5.74) is 1.29. The lowest BCUT2D eigenvalue weighted by molar-refractivity contribution is -0.0604. The number of rotatable bonds is 1. The molecule has 1 saturated heterocycles. The van der Waals surface area contributed by atoms with Crippen LogP contribution in [-0.2, 0) is 4.84 Å². The van der Waals surface area contributed by atoms with Gasteiger partial charge < -0.3 is 10.2 Å². The molecule has 0 atom stereocenters. The highest BCUT2D eigenvalue weighted by Crippen LogP contribution is 2.44. The Morgan fingerprint density at radius 2 is 1.76 bits per heavy atom. The summed E-state index contributed by atoms with van der Waals surface area (Å²) in [5.74, 6) is 1.92.